The molecule has 0 atom stereocenters. The average molecular weight is 497 g/mol. The van der Waals surface area contributed by atoms with Crippen LogP contribution in [-0.4, -0.2) is 41.0 Å². The first-order valence-corrected chi connectivity index (χ1v) is 11.3. The Morgan fingerprint density at radius 3 is 2.61 bits per heavy atom. The van der Waals surface area contributed by atoms with Gasteiger partial charge in [0.25, 0.3) is 5.43 Å². The number of nitrogens with zero attached hydrogens (tertiary/aromatic N) is 3. The molecule has 1 fully saturated rings. The van der Waals surface area contributed by atoms with E-state index in [-0.39, 0.29) is 29.4 Å². The molecule has 1 saturated heterocycles. The molecule has 0 amide bonds. The van der Waals surface area contributed by atoms with Crippen LogP contribution >= 0.6 is 0 Å². The predicted octanol–water partition coefficient (Wildman–Crippen LogP) is 3.30. The highest BCUT2D eigenvalue weighted by Gasteiger charge is 2.25. The largest absolute Gasteiger partial charge is 0.427 e. The summed E-state index contributed by atoms with van der Waals surface area (Å²) in [7, 11) is 0. The van der Waals surface area contributed by atoms with Crippen molar-refractivity contribution in [2.75, 3.05) is 13.2 Å². The minimum absolute atomic E-state index is 0.00988. The zero-order valence-electron chi connectivity index (χ0n) is 19.4. The summed E-state index contributed by atoms with van der Waals surface area (Å²) in [4.78, 5) is 17.6. The Morgan fingerprint density at radius 2 is 1.97 bits per heavy atom. The Bertz CT molecular complexity index is 1320. The van der Waals surface area contributed by atoms with E-state index in [9.17, 15) is 9.18 Å². The molecule has 9 nitrogen and oxygen atoms in total. The van der Waals surface area contributed by atoms with Crippen LogP contribution in [0.1, 0.15) is 36.4 Å². The highest BCUT2D eigenvalue weighted by Crippen LogP contribution is 2.29. The Balaban J connectivity index is 1.84. The van der Waals surface area contributed by atoms with Crippen molar-refractivity contribution >= 4 is 17.6 Å². The van der Waals surface area contributed by atoms with Crippen LogP contribution in [-0.2, 0) is 4.74 Å². The van der Waals surface area contributed by atoms with E-state index in [4.69, 9.17) is 26.4 Å². The Morgan fingerprint density at radius 1 is 1.25 bits per heavy atom. The van der Waals surface area contributed by atoms with Gasteiger partial charge in [-0.25, -0.2) is 9.07 Å². The summed E-state index contributed by atoms with van der Waals surface area (Å²) < 4.78 is 40.5. The summed E-state index contributed by atoms with van der Waals surface area (Å²) in [5, 5.41) is 11.8. The van der Waals surface area contributed by atoms with Crippen LogP contribution in [0.5, 0.6) is 5.75 Å². The second-order valence-corrected chi connectivity index (χ2v) is 8.32. The number of aliphatic imine (C=N–C) groups is 1. The average Bonchev–Trinajstić information content (AvgIpc) is 2.85. The number of alkyl halides is 1. The molecule has 2 heterocycles. The van der Waals surface area contributed by atoms with Gasteiger partial charge in [-0.15, -0.1) is 0 Å². The number of ether oxygens (including phenoxy) is 2. The number of hydrogen-bond donors (Lipinski definition) is 3. The number of benzene rings is 2. The molecule has 4 rings (SSSR count). The second-order valence-electron chi connectivity index (χ2n) is 8.32. The minimum Gasteiger partial charge on any atom is -0.427 e. The third kappa shape index (κ3) is 6.06. The first-order chi connectivity index (χ1) is 17.2. The smallest absolute Gasteiger partial charge is 0.367 e. The highest BCUT2D eigenvalue weighted by atomic mass is 19.2. The van der Waals surface area contributed by atoms with Crippen LogP contribution in [0.25, 0.3) is 5.69 Å². The van der Waals surface area contributed by atoms with E-state index < -0.39 is 23.1 Å². The van der Waals surface area contributed by atoms with Gasteiger partial charge in [0.05, 0.1) is 17.6 Å². The van der Waals surface area contributed by atoms with Crippen LogP contribution in [0.2, 0.25) is 0 Å². The quantitative estimate of drug-likeness (QED) is 0.248. The van der Waals surface area contributed by atoms with Gasteiger partial charge in [-0.1, -0.05) is 24.3 Å². The Kier molecular flexibility index (Phi) is 7.63. The van der Waals surface area contributed by atoms with E-state index in [0.717, 1.165) is 35.5 Å². The molecular formula is C25H26F2N6O3. The van der Waals surface area contributed by atoms with Crippen LogP contribution in [0.3, 0.4) is 0 Å². The van der Waals surface area contributed by atoms with E-state index in [1.165, 1.54) is 12.1 Å². The second kappa shape index (κ2) is 10.9. The molecule has 2 aromatic carbocycles. The van der Waals surface area contributed by atoms with Gasteiger partial charge >= 0.3 is 6.10 Å². The molecule has 0 spiro atoms. The zero-order chi connectivity index (χ0) is 25.7. The molecule has 1 aliphatic rings. The minimum atomic E-state index is -3.17. The summed E-state index contributed by atoms with van der Waals surface area (Å²) >= 11 is 0. The third-order valence-electron chi connectivity index (χ3n) is 5.65. The fraction of sp³-hybridized carbons (Fsp3) is 0.280. The third-order valence-corrected chi connectivity index (χ3v) is 5.65. The van der Waals surface area contributed by atoms with Crippen molar-refractivity contribution in [1.82, 2.24) is 9.78 Å². The lowest BCUT2D eigenvalue weighted by molar-refractivity contribution is -0.0514. The standard InChI is InChI=1S/C25H26F2N6O3/c26-19-14-17(16-9-12-35-13-10-16)6-7-21(19)33-15-22(36-25(27,29)30)24(34)23(32-33)20(8-11-28)31-18-4-2-1-3-5-18/h1-7,11,14-16,28H,8-10,12-13,29-30H2. The van der Waals surface area contributed by atoms with Crippen molar-refractivity contribution < 1.29 is 18.3 Å². The molecule has 1 aromatic heterocycles. The molecule has 5 N–H and O–H groups in total. The van der Waals surface area contributed by atoms with Gasteiger partial charge in [0.2, 0.25) is 0 Å². The molecule has 0 unspecified atom stereocenters. The fourth-order valence-corrected chi connectivity index (χ4v) is 3.97. The van der Waals surface area contributed by atoms with Crippen LogP contribution in [0.15, 0.2) is 64.5 Å². The maximum atomic E-state index is 15.3. The van der Waals surface area contributed by atoms with Crippen molar-refractivity contribution in [1.29, 1.82) is 5.41 Å². The van der Waals surface area contributed by atoms with E-state index in [2.05, 4.69) is 10.1 Å². The number of nitrogens with one attached hydrogen (secondary N) is 1. The zero-order valence-corrected chi connectivity index (χ0v) is 19.4. The molecule has 36 heavy (non-hydrogen) atoms. The lowest BCUT2D eigenvalue weighted by atomic mass is 9.91. The molecule has 11 heteroatoms. The molecule has 0 saturated carbocycles. The molecule has 188 valence electrons. The van der Waals surface area contributed by atoms with Gasteiger partial charge in [0.1, 0.15) is 11.5 Å². The SMILES string of the molecule is N=CCC(=Nc1ccccc1)c1nn(-c2ccc(C3CCOCC3)cc2F)cc(OC(N)(N)F)c1=O. The normalized spacial score (nSPS) is 15.1. The van der Waals surface area contributed by atoms with Gasteiger partial charge in [-0.3, -0.25) is 21.3 Å². The Labute approximate surface area is 205 Å². The van der Waals surface area contributed by atoms with Gasteiger partial charge in [0, 0.05) is 25.8 Å². The summed E-state index contributed by atoms with van der Waals surface area (Å²) in [6, 6.07) is 13.4. The van der Waals surface area contributed by atoms with Crippen LogP contribution < -0.4 is 21.6 Å². The number of halogens is 2. The summed E-state index contributed by atoms with van der Waals surface area (Å²) in [5.41, 5.74) is 10.5. The number of hydrogen-bond acceptors (Lipinski definition) is 8. The first kappa shape index (κ1) is 25.3. The maximum Gasteiger partial charge on any atom is 0.367 e. The summed E-state index contributed by atoms with van der Waals surface area (Å²) in [6.07, 6.45) is 0.376. The molecular weight excluding hydrogens is 470 g/mol. The van der Waals surface area contributed by atoms with Crippen LogP contribution in [0.4, 0.5) is 14.5 Å². The Hall–Kier alpha value is -3.80. The lowest BCUT2D eigenvalue weighted by Crippen LogP contribution is -2.51. The van der Waals surface area contributed by atoms with Gasteiger partial charge in [-0.05, 0) is 48.6 Å². The molecule has 0 bridgehead atoms. The monoisotopic (exact) mass is 496 g/mol. The molecule has 0 aliphatic carbocycles. The molecule has 0 radical (unpaired) electrons. The van der Waals surface area contributed by atoms with Crippen molar-refractivity contribution in [2.45, 2.75) is 31.3 Å². The number of para-hydroxylation sites is 1. The van der Waals surface area contributed by atoms with E-state index in [1.807, 2.05) is 0 Å². The van der Waals surface area contributed by atoms with E-state index in [0.29, 0.717) is 18.9 Å². The van der Waals surface area contributed by atoms with Gasteiger partial charge < -0.3 is 14.9 Å². The molecule has 1 aliphatic heterocycles. The molecule has 3 aromatic rings. The summed E-state index contributed by atoms with van der Waals surface area (Å²) in [6.45, 7) is 1.22. The van der Waals surface area contributed by atoms with E-state index >= 15 is 4.39 Å². The fourth-order valence-electron chi connectivity index (χ4n) is 3.97. The summed E-state index contributed by atoms with van der Waals surface area (Å²) in [5.74, 6) is -1.03. The topological polar surface area (TPSA) is 142 Å². The maximum absolute atomic E-state index is 15.3. The van der Waals surface area contributed by atoms with Crippen molar-refractivity contribution in [3.05, 3.63) is 82.0 Å². The first-order valence-electron chi connectivity index (χ1n) is 11.3. The van der Waals surface area contributed by atoms with Crippen molar-refractivity contribution in [3.63, 3.8) is 0 Å². The number of nitrogens with two attached hydrogens (primary N) is 2. The van der Waals surface area contributed by atoms with Crippen molar-refractivity contribution in [3.8, 4) is 11.4 Å². The predicted molar refractivity (Wildman–Crippen MR) is 131 cm³/mol. The van der Waals surface area contributed by atoms with Gasteiger partial charge in [-0.2, -0.15) is 9.49 Å². The van der Waals surface area contributed by atoms with Crippen LogP contribution in [0, 0.1) is 11.2 Å². The van der Waals surface area contributed by atoms with Gasteiger partial charge in [0.15, 0.2) is 11.4 Å². The number of rotatable bonds is 8. The van der Waals surface area contributed by atoms with Crippen molar-refractivity contribution in [2.24, 2.45) is 16.5 Å². The number of aromatic nitrogens is 2. The lowest BCUT2D eigenvalue weighted by Gasteiger charge is -2.23. The highest BCUT2D eigenvalue weighted by molar-refractivity contribution is 6.06. The van der Waals surface area contributed by atoms with E-state index in [1.54, 1.807) is 36.4 Å².